The number of quaternary nitrogens is 1. The minimum absolute atomic E-state index is 0.904. The van der Waals surface area contributed by atoms with Crippen molar-refractivity contribution in [1.82, 2.24) is 4.48 Å². The average molecular weight is 149 g/mol. The van der Waals surface area contributed by atoms with E-state index in [1.807, 2.05) is 12.1 Å². The molecule has 0 spiro atoms. The molecule has 1 heteroatoms. The van der Waals surface area contributed by atoms with Crippen LogP contribution >= 0.6 is 0 Å². The molecule has 0 fully saturated rings. The van der Waals surface area contributed by atoms with Gasteiger partial charge in [0.2, 0.25) is 0 Å². The predicted molar refractivity (Wildman–Crippen MR) is 49.5 cm³/mol. The van der Waals surface area contributed by atoms with Crippen LogP contribution in [0.1, 0.15) is 6.92 Å². The molecule has 0 atom stereocenters. The molecule has 0 aromatic heterocycles. The Morgan fingerprint density at radius 3 is 2.55 bits per heavy atom. The minimum Gasteiger partial charge on any atom is -0.296 e. The van der Waals surface area contributed by atoms with Gasteiger partial charge in [-0.2, -0.15) is 0 Å². The Hall–Kier alpha value is -0.820. The molecule has 0 aliphatic rings. The fraction of sp³-hybridized carbons (Fsp3) is 0.400. The van der Waals surface area contributed by atoms with Crippen molar-refractivity contribution in [3.63, 3.8) is 0 Å². The van der Waals surface area contributed by atoms with Crippen LogP contribution in [0, 0.1) is 6.07 Å². The van der Waals surface area contributed by atoms with E-state index in [2.05, 4.69) is 39.2 Å². The third kappa shape index (κ3) is 1.81. The van der Waals surface area contributed by atoms with Crippen molar-refractivity contribution < 1.29 is 0 Å². The van der Waals surface area contributed by atoms with Crippen LogP contribution in [0.5, 0.6) is 0 Å². The Morgan fingerprint density at radius 2 is 2.09 bits per heavy atom. The summed E-state index contributed by atoms with van der Waals surface area (Å²) in [6.45, 7) is 3.28. The average Bonchev–Trinajstić information content (AvgIpc) is 2.06. The first-order valence-corrected chi connectivity index (χ1v) is 3.97. The SMILES string of the molecule is CC[N+](C)(C)c1[c]cccc1. The highest BCUT2D eigenvalue weighted by Crippen LogP contribution is 2.15. The first-order valence-electron chi connectivity index (χ1n) is 3.97. The van der Waals surface area contributed by atoms with Gasteiger partial charge in [-0.15, -0.1) is 0 Å². The number of hydrogen-bond donors (Lipinski definition) is 0. The fourth-order valence-electron chi connectivity index (χ4n) is 0.931. The summed E-state index contributed by atoms with van der Waals surface area (Å²) in [6.07, 6.45) is 0. The molecule has 1 nitrogen and oxygen atoms in total. The summed E-state index contributed by atoms with van der Waals surface area (Å²) >= 11 is 0. The van der Waals surface area contributed by atoms with E-state index in [9.17, 15) is 0 Å². The second-order valence-corrected chi connectivity index (χ2v) is 3.25. The van der Waals surface area contributed by atoms with E-state index in [0.717, 1.165) is 11.0 Å². The molecule has 1 radical (unpaired) electrons. The molecule has 59 valence electrons. The topological polar surface area (TPSA) is 0 Å². The van der Waals surface area contributed by atoms with Gasteiger partial charge in [-0.3, -0.25) is 4.48 Å². The molecule has 0 bridgehead atoms. The monoisotopic (exact) mass is 149 g/mol. The van der Waals surface area contributed by atoms with E-state index in [-0.39, 0.29) is 0 Å². The molecular weight excluding hydrogens is 134 g/mol. The largest absolute Gasteiger partial charge is 0.296 e. The molecule has 0 aliphatic carbocycles. The van der Waals surface area contributed by atoms with Gasteiger partial charge < -0.3 is 0 Å². The van der Waals surface area contributed by atoms with E-state index >= 15 is 0 Å². The summed E-state index contributed by atoms with van der Waals surface area (Å²) in [4.78, 5) is 0. The van der Waals surface area contributed by atoms with Crippen LogP contribution in [0.25, 0.3) is 0 Å². The number of nitrogens with zero attached hydrogens (tertiary/aromatic N) is 1. The van der Waals surface area contributed by atoms with Crippen LogP contribution in [-0.4, -0.2) is 20.6 Å². The first-order chi connectivity index (χ1) is 5.17. The highest BCUT2D eigenvalue weighted by Gasteiger charge is 2.14. The summed E-state index contributed by atoms with van der Waals surface area (Å²) in [5.41, 5.74) is 1.25. The second-order valence-electron chi connectivity index (χ2n) is 3.25. The Balaban J connectivity index is 2.93. The van der Waals surface area contributed by atoms with Gasteiger partial charge in [0.05, 0.1) is 20.6 Å². The van der Waals surface area contributed by atoms with Gasteiger partial charge in [0.25, 0.3) is 0 Å². The van der Waals surface area contributed by atoms with Gasteiger partial charge >= 0.3 is 0 Å². The zero-order chi connectivity index (χ0) is 8.32. The Kier molecular flexibility index (Phi) is 2.30. The Bertz CT molecular complexity index is 214. The highest BCUT2D eigenvalue weighted by atomic mass is 15.3. The van der Waals surface area contributed by atoms with Gasteiger partial charge in [-0.25, -0.2) is 0 Å². The molecule has 0 saturated carbocycles. The number of rotatable bonds is 2. The lowest BCUT2D eigenvalue weighted by atomic mass is 10.2. The van der Waals surface area contributed by atoms with Gasteiger partial charge in [0.1, 0.15) is 5.69 Å². The Morgan fingerprint density at radius 1 is 1.36 bits per heavy atom. The molecule has 11 heavy (non-hydrogen) atoms. The van der Waals surface area contributed by atoms with E-state index in [4.69, 9.17) is 0 Å². The predicted octanol–water partition coefficient (Wildman–Crippen LogP) is 2.07. The van der Waals surface area contributed by atoms with Crippen molar-refractivity contribution in [1.29, 1.82) is 0 Å². The van der Waals surface area contributed by atoms with Crippen LogP contribution < -0.4 is 4.48 Å². The lowest BCUT2D eigenvalue weighted by molar-refractivity contribution is 0.420. The number of hydrogen-bond acceptors (Lipinski definition) is 0. The van der Waals surface area contributed by atoms with E-state index in [0.29, 0.717) is 0 Å². The molecule has 0 aliphatic heterocycles. The molecule has 0 unspecified atom stereocenters. The first kappa shape index (κ1) is 8.28. The maximum Gasteiger partial charge on any atom is 0.140 e. The standard InChI is InChI=1S/C10H15N/c1-4-11(2,3)10-8-6-5-7-9-10/h5-8H,4H2,1-3H3/q+1. The van der Waals surface area contributed by atoms with Crippen LogP contribution in [0.3, 0.4) is 0 Å². The van der Waals surface area contributed by atoms with Crippen LogP contribution in [-0.2, 0) is 0 Å². The number of benzene rings is 1. The zero-order valence-corrected chi connectivity index (χ0v) is 7.46. The van der Waals surface area contributed by atoms with Gasteiger partial charge in [0, 0.05) is 6.07 Å². The van der Waals surface area contributed by atoms with Crippen molar-refractivity contribution in [2.75, 3.05) is 20.6 Å². The summed E-state index contributed by atoms with van der Waals surface area (Å²) in [5, 5.41) is 0. The summed E-state index contributed by atoms with van der Waals surface area (Å²) in [6, 6.07) is 11.4. The molecule has 1 aromatic rings. The maximum absolute atomic E-state index is 3.23. The number of para-hydroxylation sites is 1. The van der Waals surface area contributed by atoms with Crippen molar-refractivity contribution in [3.8, 4) is 0 Å². The smallest absolute Gasteiger partial charge is 0.140 e. The van der Waals surface area contributed by atoms with Gasteiger partial charge in [-0.1, -0.05) is 12.1 Å². The molecule has 1 aromatic carbocycles. The third-order valence-electron chi connectivity index (χ3n) is 2.14. The zero-order valence-electron chi connectivity index (χ0n) is 7.46. The Labute approximate surface area is 68.9 Å². The summed E-state index contributed by atoms with van der Waals surface area (Å²) in [7, 11) is 4.37. The van der Waals surface area contributed by atoms with E-state index in [1.54, 1.807) is 0 Å². The summed E-state index contributed by atoms with van der Waals surface area (Å²) < 4.78 is 0.904. The molecule has 0 amide bonds. The van der Waals surface area contributed by atoms with Crippen molar-refractivity contribution in [2.24, 2.45) is 0 Å². The van der Waals surface area contributed by atoms with Gasteiger partial charge in [0.15, 0.2) is 0 Å². The normalized spacial score (nSPS) is 11.5. The molecular formula is C10H15N+. The van der Waals surface area contributed by atoms with E-state index < -0.39 is 0 Å². The van der Waals surface area contributed by atoms with Gasteiger partial charge in [-0.05, 0) is 19.1 Å². The highest BCUT2D eigenvalue weighted by molar-refractivity contribution is 5.39. The fourth-order valence-corrected chi connectivity index (χ4v) is 0.931. The maximum atomic E-state index is 3.23. The van der Waals surface area contributed by atoms with Crippen molar-refractivity contribution in [2.45, 2.75) is 6.92 Å². The van der Waals surface area contributed by atoms with E-state index in [1.165, 1.54) is 5.69 Å². The minimum atomic E-state index is 0.904. The molecule has 0 heterocycles. The molecule has 0 saturated heterocycles. The lowest BCUT2D eigenvalue weighted by Crippen LogP contribution is -2.39. The molecule has 0 N–H and O–H groups in total. The lowest BCUT2D eigenvalue weighted by Gasteiger charge is -2.26. The second kappa shape index (κ2) is 3.05. The quantitative estimate of drug-likeness (QED) is 0.565. The van der Waals surface area contributed by atoms with Crippen LogP contribution in [0.4, 0.5) is 5.69 Å². The van der Waals surface area contributed by atoms with Crippen LogP contribution in [0.15, 0.2) is 24.3 Å². The van der Waals surface area contributed by atoms with Crippen molar-refractivity contribution in [3.05, 3.63) is 30.3 Å². The summed E-state index contributed by atoms with van der Waals surface area (Å²) in [5.74, 6) is 0. The van der Waals surface area contributed by atoms with Crippen LogP contribution in [0.2, 0.25) is 0 Å². The third-order valence-corrected chi connectivity index (χ3v) is 2.14. The van der Waals surface area contributed by atoms with Crippen molar-refractivity contribution >= 4 is 5.69 Å². The molecule has 1 rings (SSSR count).